The summed E-state index contributed by atoms with van der Waals surface area (Å²) in [6, 6.07) is 13.1. The number of fused-ring (bicyclic) bond motifs is 1. The van der Waals surface area contributed by atoms with Crippen LogP contribution in [0.1, 0.15) is 27.2 Å². The maximum atomic E-state index is 13.2. The number of aryl methyl sites for hydroxylation is 1. The Balaban J connectivity index is 2.19. The number of quaternary nitrogens is 1. The zero-order chi connectivity index (χ0) is 18.0. The van der Waals surface area contributed by atoms with Crippen LogP contribution in [0.15, 0.2) is 53.1 Å². The molecular weight excluding hydrogens is 314 g/mol. The zero-order valence-electron chi connectivity index (χ0n) is 14.9. The van der Waals surface area contributed by atoms with Gasteiger partial charge in [-0.25, -0.2) is 0 Å². The van der Waals surface area contributed by atoms with Gasteiger partial charge in [0.25, 0.3) is 0 Å². The third kappa shape index (κ3) is 3.49. The van der Waals surface area contributed by atoms with E-state index >= 15 is 0 Å². The minimum atomic E-state index is -0.0552. The van der Waals surface area contributed by atoms with Crippen molar-refractivity contribution in [3.63, 3.8) is 0 Å². The van der Waals surface area contributed by atoms with Gasteiger partial charge in [0.05, 0.1) is 33.0 Å². The van der Waals surface area contributed by atoms with Gasteiger partial charge < -0.3 is 14.1 Å². The number of nitrogens with one attached hydrogen (secondary N) is 1. The minimum absolute atomic E-state index is 0.0552. The van der Waals surface area contributed by atoms with Crippen LogP contribution in [0.2, 0.25) is 0 Å². The van der Waals surface area contributed by atoms with E-state index in [1.807, 2.05) is 75.8 Å². The van der Waals surface area contributed by atoms with Gasteiger partial charge in [-0.05, 0) is 25.1 Å². The highest BCUT2D eigenvalue weighted by molar-refractivity contribution is 6.18. The fourth-order valence-corrected chi connectivity index (χ4v) is 2.67. The van der Waals surface area contributed by atoms with Crippen LogP contribution in [-0.4, -0.2) is 27.0 Å². The highest BCUT2D eigenvalue weighted by Gasteiger charge is 2.21. The molecule has 0 atom stereocenters. The predicted molar refractivity (Wildman–Crippen MR) is 99.2 cm³/mol. The summed E-state index contributed by atoms with van der Waals surface area (Å²) < 4.78 is 11.2. The van der Waals surface area contributed by atoms with E-state index in [1.165, 1.54) is 0 Å². The van der Waals surface area contributed by atoms with Crippen molar-refractivity contribution in [2.24, 2.45) is 0 Å². The van der Waals surface area contributed by atoms with E-state index in [9.17, 15) is 4.79 Å². The van der Waals surface area contributed by atoms with Gasteiger partial charge in [-0.1, -0.05) is 29.8 Å². The molecule has 4 heteroatoms. The molecule has 2 aromatic carbocycles. The van der Waals surface area contributed by atoms with Gasteiger partial charge >= 0.3 is 0 Å². The van der Waals surface area contributed by atoms with E-state index in [-0.39, 0.29) is 5.78 Å². The van der Waals surface area contributed by atoms with Crippen LogP contribution >= 0.6 is 0 Å². The molecule has 1 N–H and O–H groups in total. The molecule has 128 valence electrons. The highest BCUT2D eigenvalue weighted by atomic mass is 16.5. The molecule has 0 amide bonds. The minimum Gasteiger partial charge on any atom is -0.497 e. The zero-order valence-corrected chi connectivity index (χ0v) is 14.9. The van der Waals surface area contributed by atoms with Crippen molar-refractivity contribution in [2.45, 2.75) is 6.92 Å². The standard InChI is InChI=1S/C21H21NO3/c1-14-5-7-15(8-6-14)21(23)20-17-13-16(24-4)9-10-18(17)25-19(20)11-12-22(2)3/h5-13H,1-4H3/p+1/b12-11+. The number of benzene rings is 2. The molecule has 1 heterocycles. The lowest BCUT2D eigenvalue weighted by Crippen LogP contribution is -3.00. The first-order valence-corrected chi connectivity index (χ1v) is 8.19. The Labute approximate surface area is 147 Å². The molecule has 0 aliphatic carbocycles. The summed E-state index contributed by atoms with van der Waals surface area (Å²) in [6.45, 7) is 2.00. The molecule has 0 saturated carbocycles. The van der Waals surface area contributed by atoms with E-state index in [4.69, 9.17) is 9.15 Å². The highest BCUT2D eigenvalue weighted by Crippen LogP contribution is 2.31. The van der Waals surface area contributed by atoms with Gasteiger partial charge in [-0.2, -0.15) is 0 Å². The number of ketones is 1. The molecule has 25 heavy (non-hydrogen) atoms. The first kappa shape index (κ1) is 17.0. The number of methoxy groups -OCH3 is 1. The average molecular weight is 336 g/mol. The summed E-state index contributed by atoms with van der Waals surface area (Å²) in [5.74, 6) is 1.20. The molecule has 3 aromatic rings. The van der Waals surface area contributed by atoms with Crippen molar-refractivity contribution >= 4 is 22.8 Å². The van der Waals surface area contributed by atoms with Crippen LogP contribution in [0.4, 0.5) is 0 Å². The lowest BCUT2D eigenvalue weighted by atomic mass is 9.99. The van der Waals surface area contributed by atoms with E-state index in [0.717, 1.165) is 15.8 Å². The van der Waals surface area contributed by atoms with E-state index in [2.05, 4.69) is 0 Å². The van der Waals surface area contributed by atoms with Gasteiger partial charge in [-0.15, -0.1) is 0 Å². The first-order chi connectivity index (χ1) is 12.0. The van der Waals surface area contributed by atoms with Crippen molar-refractivity contribution in [3.8, 4) is 5.75 Å². The van der Waals surface area contributed by atoms with E-state index in [0.29, 0.717) is 28.2 Å². The molecule has 1 aromatic heterocycles. The summed E-state index contributed by atoms with van der Waals surface area (Å²) >= 11 is 0. The maximum absolute atomic E-state index is 13.2. The molecule has 0 aliphatic rings. The number of hydrogen-bond donors (Lipinski definition) is 1. The Bertz CT molecular complexity index is 934. The Morgan fingerprint density at radius 1 is 1.12 bits per heavy atom. The monoisotopic (exact) mass is 336 g/mol. The first-order valence-electron chi connectivity index (χ1n) is 8.19. The number of furan rings is 1. The SMILES string of the molecule is COc1ccc2oc(/C=C/[NH+](C)C)c(C(=O)c3ccc(C)cc3)c2c1. The molecule has 0 spiro atoms. The molecule has 0 fully saturated rings. The largest absolute Gasteiger partial charge is 0.497 e. The van der Waals surface area contributed by atoms with Gasteiger partial charge in [0, 0.05) is 17.0 Å². The number of hydrogen-bond acceptors (Lipinski definition) is 3. The fraction of sp³-hybridized carbons (Fsp3) is 0.190. The lowest BCUT2D eigenvalue weighted by Gasteiger charge is -2.03. The Morgan fingerprint density at radius 2 is 1.84 bits per heavy atom. The molecule has 0 bridgehead atoms. The number of ether oxygens (including phenoxy) is 1. The molecular formula is C21H22NO3+. The quantitative estimate of drug-likeness (QED) is 0.728. The Kier molecular flexibility index (Phi) is 4.72. The predicted octanol–water partition coefficient (Wildman–Crippen LogP) is 3.10. The second kappa shape index (κ2) is 6.95. The summed E-state index contributed by atoms with van der Waals surface area (Å²) in [7, 11) is 5.62. The van der Waals surface area contributed by atoms with Crippen molar-refractivity contribution in [3.05, 3.63) is 71.1 Å². The van der Waals surface area contributed by atoms with Gasteiger partial charge in [0.1, 0.15) is 17.1 Å². The van der Waals surface area contributed by atoms with Crippen molar-refractivity contribution in [1.29, 1.82) is 0 Å². The van der Waals surface area contributed by atoms with Crippen molar-refractivity contribution < 1.29 is 18.8 Å². The second-order valence-electron chi connectivity index (χ2n) is 6.31. The molecule has 3 rings (SSSR count). The van der Waals surface area contributed by atoms with E-state index in [1.54, 1.807) is 7.11 Å². The van der Waals surface area contributed by atoms with Crippen LogP contribution in [0.25, 0.3) is 17.0 Å². The third-order valence-corrected chi connectivity index (χ3v) is 4.03. The smallest absolute Gasteiger partial charge is 0.197 e. The summed E-state index contributed by atoms with van der Waals surface area (Å²) in [5.41, 5.74) is 2.99. The van der Waals surface area contributed by atoms with Crippen LogP contribution < -0.4 is 9.64 Å². The van der Waals surface area contributed by atoms with E-state index < -0.39 is 0 Å². The van der Waals surface area contributed by atoms with Crippen LogP contribution in [-0.2, 0) is 0 Å². The molecule has 0 aliphatic heterocycles. The lowest BCUT2D eigenvalue weighted by molar-refractivity contribution is -0.800. The molecule has 0 saturated heterocycles. The molecule has 0 radical (unpaired) electrons. The molecule has 0 unspecified atom stereocenters. The summed E-state index contributed by atoms with van der Waals surface area (Å²) in [4.78, 5) is 14.3. The van der Waals surface area contributed by atoms with Crippen molar-refractivity contribution in [2.75, 3.05) is 21.2 Å². The summed E-state index contributed by atoms with van der Waals surface area (Å²) in [5, 5.41) is 0.762. The van der Waals surface area contributed by atoms with Crippen LogP contribution in [0.5, 0.6) is 5.75 Å². The average Bonchev–Trinajstić information content (AvgIpc) is 2.97. The van der Waals surface area contributed by atoms with Crippen LogP contribution in [0, 0.1) is 6.92 Å². The van der Waals surface area contributed by atoms with Crippen LogP contribution in [0.3, 0.4) is 0 Å². The van der Waals surface area contributed by atoms with Gasteiger partial charge in [-0.3, -0.25) is 4.79 Å². The van der Waals surface area contributed by atoms with Gasteiger partial charge in [0.2, 0.25) is 0 Å². The number of carbonyl (C=O) groups excluding carboxylic acids is 1. The Hall–Kier alpha value is -2.85. The fourth-order valence-electron chi connectivity index (χ4n) is 2.67. The third-order valence-electron chi connectivity index (χ3n) is 4.03. The Morgan fingerprint density at radius 3 is 2.48 bits per heavy atom. The topological polar surface area (TPSA) is 43.9 Å². The number of rotatable bonds is 5. The van der Waals surface area contributed by atoms with Crippen molar-refractivity contribution in [1.82, 2.24) is 0 Å². The summed E-state index contributed by atoms with van der Waals surface area (Å²) in [6.07, 6.45) is 3.80. The molecule has 4 nitrogen and oxygen atoms in total. The normalized spacial score (nSPS) is 11.6. The second-order valence-corrected chi connectivity index (χ2v) is 6.31. The maximum Gasteiger partial charge on any atom is 0.197 e. The number of carbonyl (C=O) groups is 1. The van der Waals surface area contributed by atoms with Gasteiger partial charge in [0.15, 0.2) is 5.78 Å².